The highest BCUT2D eigenvalue weighted by atomic mass is 79.9. The normalized spacial score (nSPS) is 12.7. The lowest BCUT2D eigenvalue weighted by Crippen LogP contribution is -2.21. The van der Waals surface area contributed by atoms with E-state index in [0.29, 0.717) is 6.04 Å². The van der Waals surface area contributed by atoms with Gasteiger partial charge in [0.05, 0.1) is 0 Å². The molecule has 0 saturated heterocycles. The lowest BCUT2D eigenvalue weighted by Gasteiger charge is -2.15. The van der Waals surface area contributed by atoms with Crippen LogP contribution in [0.25, 0.3) is 0 Å². The number of hydrogen-bond acceptors (Lipinski definition) is 2. The van der Waals surface area contributed by atoms with Gasteiger partial charge in [0.2, 0.25) is 0 Å². The summed E-state index contributed by atoms with van der Waals surface area (Å²) in [6.07, 6.45) is 0. The van der Waals surface area contributed by atoms with Crippen molar-refractivity contribution in [2.75, 3.05) is 18.1 Å². The molecule has 0 aliphatic heterocycles. The van der Waals surface area contributed by atoms with Crippen LogP contribution >= 0.6 is 27.7 Å². The minimum Gasteiger partial charge on any atom is -0.309 e. The molecule has 0 saturated carbocycles. The number of rotatable bonds is 6. The Labute approximate surface area is 105 Å². The SMILES string of the molecule is CCSCCN[C@H](C)c1ccccc1Br. The van der Waals surface area contributed by atoms with Crippen LogP contribution < -0.4 is 5.32 Å². The summed E-state index contributed by atoms with van der Waals surface area (Å²) in [6, 6.07) is 8.80. The van der Waals surface area contributed by atoms with Crippen molar-refractivity contribution in [1.82, 2.24) is 5.32 Å². The van der Waals surface area contributed by atoms with E-state index in [0.717, 1.165) is 6.54 Å². The number of thioether (sulfide) groups is 1. The van der Waals surface area contributed by atoms with Crippen LogP contribution in [0.1, 0.15) is 25.5 Å². The third kappa shape index (κ3) is 4.58. The average Bonchev–Trinajstić information content (AvgIpc) is 2.25. The number of halogens is 1. The number of nitrogens with one attached hydrogen (secondary N) is 1. The van der Waals surface area contributed by atoms with E-state index in [1.54, 1.807) is 0 Å². The molecule has 0 amide bonds. The van der Waals surface area contributed by atoms with Crippen LogP contribution in [0.5, 0.6) is 0 Å². The van der Waals surface area contributed by atoms with E-state index in [9.17, 15) is 0 Å². The van der Waals surface area contributed by atoms with Crippen molar-refractivity contribution in [2.45, 2.75) is 19.9 Å². The lowest BCUT2D eigenvalue weighted by atomic mass is 10.1. The van der Waals surface area contributed by atoms with E-state index in [2.05, 4.69) is 53.3 Å². The number of hydrogen-bond donors (Lipinski definition) is 1. The van der Waals surface area contributed by atoms with Crippen LogP contribution in [0.4, 0.5) is 0 Å². The Balaban J connectivity index is 2.40. The van der Waals surface area contributed by atoms with Crippen molar-refractivity contribution in [3.8, 4) is 0 Å². The first-order valence-electron chi connectivity index (χ1n) is 5.31. The molecule has 15 heavy (non-hydrogen) atoms. The average molecular weight is 288 g/mol. The maximum atomic E-state index is 3.57. The second-order valence-corrected chi connectivity index (χ2v) is 5.64. The van der Waals surface area contributed by atoms with Gasteiger partial charge in [-0.1, -0.05) is 41.1 Å². The monoisotopic (exact) mass is 287 g/mol. The molecule has 1 aromatic rings. The Bertz CT molecular complexity index is 291. The Morgan fingerprint density at radius 1 is 1.40 bits per heavy atom. The molecular weight excluding hydrogens is 270 g/mol. The zero-order valence-electron chi connectivity index (χ0n) is 9.29. The van der Waals surface area contributed by atoms with Crippen molar-refractivity contribution >= 4 is 27.7 Å². The summed E-state index contributed by atoms with van der Waals surface area (Å²) in [5.41, 5.74) is 1.33. The first-order valence-corrected chi connectivity index (χ1v) is 7.26. The Morgan fingerprint density at radius 3 is 2.80 bits per heavy atom. The molecule has 0 heterocycles. The van der Waals surface area contributed by atoms with E-state index in [1.165, 1.54) is 21.5 Å². The molecule has 3 heteroatoms. The minimum atomic E-state index is 0.415. The quantitative estimate of drug-likeness (QED) is 0.798. The summed E-state index contributed by atoms with van der Waals surface area (Å²) in [7, 11) is 0. The molecule has 1 atom stereocenters. The zero-order chi connectivity index (χ0) is 11.1. The van der Waals surface area contributed by atoms with E-state index in [-0.39, 0.29) is 0 Å². The number of benzene rings is 1. The highest BCUT2D eigenvalue weighted by Gasteiger charge is 2.06. The molecule has 1 N–H and O–H groups in total. The summed E-state index contributed by atoms with van der Waals surface area (Å²) < 4.78 is 1.19. The molecule has 0 radical (unpaired) electrons. The second-order valence-electron chi connectivity index (χ2n) is 3.39. The predicted octanol–water partition coefficient (Wildman–Crippen LogP) is 3.85. The Morgan fingerprint density at radius 2 is 2.13 bits per heavy atom. The standard InChI is InChI=1S/C12H18BrNS/c1-3-15-9-8-14-10(2)11-6-4-5-7-12(11)13/h4-7,10,14H,3,8-9H2,1-2H3/t10-/m1/s1. The van der Waals surface area contributed by atoms with Gasteiger partial charge in [-0.15, -0.1) is 0 Å². The fourth-order valence-corrected chi connectivity index (χ4v) is 2.61. The van der Waals surface area contributed by atoms with Crippen molar-refractivity contribution < 1.29 is 0 Å². The first kappa shape index (κ1) is 13.1. The van der Waals surface area contributed by atoms with Gasteiger partial charge in [0.1, 0.15) is 0 Å². The molecule has 1 rings (SSSR count). The van der Waals surface area contributed by atoms with Gasteiger partial charge in [0.25, 0.3) is 0 Å². The van der Waals surface area contributed by atoms with Crippen LogP contribution in [0, 0.1) is 0 Å². The molecule has 0 aliphatic carbocycles. The zero-order valence-corrected chi connectivity index (χ0v) is 11.7. The summed E-state index contributed by atoms with van der Waals surface area (Å²) in [6.45, 7) is 5.47. The molecule has 0 fully saturated rings. The highest BCUT2D eigenvalue weighted by Crippen LogP contribution is 2.22. The van der Waals surface area contributed by atoms with Gasteiger partial charge in [0.15, 0.2) is 0 Å². The minimum absolute atomic E-state index is 0.415. The second kappa shape index (κ2) is 7.31. The lowest BCUT2D eigenvalue weighted by molar-refractivity contribution is 0.599. The van der Waals surface area contributed by atoms with Gasteiger partial charge in [-0.25, -0.2) is 0 Å². The third-order valence-corrected chi connectivity index (χ3v) is 3.90. The maximum absolute atomic E-state index is 3.57. The molecule has 84 valence electrons. The van der Waals surface area contributed by atoms with E-state index < -0.39 is 0 Å². The van der Waals surface area contributed by atoms with Crippen molar-refractivity contribution in [3.63, 3.8) is 0 Å². The molecule has 0 aromatic heterocycles. The molecule has 0 spiro atoms. The molecule has 0 unspecified atom stereocenters. The fraction of sp³-hybridized carbons (Fsp3) is 0.500. The summed E-state index contributed by atoms with van der Waals surface area (Å²) in [5.74, 6) is 2.39. The fourth-order valence-electron chi connectivity index (χ4n) is 1.43. The molecular formula is C12H18BrNS. The summed E-state index contributed by atoms with van der Waals surface area (Å²) in [5, 5.41) is 3.52. The van der Waals surface area contributed by atoms with Gasteiger partial charge in [-0.05, 0) is 24.3 Å². The smallest absolute Gasteiger partial charge is 0.0303 e. The maximum Gasteiger partial charge on any atom is 0.0303 e. The van der Waals surface area contributed by atoms with Crippen molar-refractivity contribution in [2.24, 2.45) is 0 Å². The van der Waals surface area contributed by atoms with E-state index >= 15 is 0 Å². The molecule has 1 nitrogen and oxygen atoms in total. The van der Waals surface area contributed by atoms with Crippen LogP contribution in [0.3, 0.4) is 0 Å². The Kier molecular flexibility index (Phi) is 6.37. The summed E-state index contributed by atoms with van der Waals surface area (Å²) in [4.78, 5) is 0. The predicted molar refractivity (Wildman–Crippen MR) is 73.6 cm³/mol. The largest absolute Gasteiger partial charge is 0.309 e. The van der Waals surface area contributed by atoms with Gasteiger partial charge >= 0.3 is 0 Å². The van der Waals surface area contributed by atoms with E-state index in [4.69, 9.17) is 0 Å². The van der Waals surface area contributed by atoms with Crippen molar-refractivity contribution in [1.29, 1.82) is 0 Å². The van der Waals surface area contributed by atoms with Gasteiger partial charge in [-0.3, -0.25) is 0 Å². The summed E-state index contributed by atoms with van der Waals surface area (Å²) >= 11 is 5.55. The molecule has 0 bridgehead atoms. The topological polar surface area (TPSA) is 12.0 Å². The first-order chi connectivity index (χ1) is 7.25. The van der Waals surface area contributed by atoms with E-state index in [1.807, 2.05) is 17.8 Å². The molecule has 0 aliphatic rings. The van der Waals surface area contributed by atoms with Crippen LogP contribution in [0.15, 0.2) is 28.7 Å². The van der Waals surface area contributed by atoms with Crippen LogP contribution in [-0.2, 0) is 0 Å². The van der Waals surface area contributed by atoms with Crippen molar-refractivity contribution in [3.05, 3.63) is 34.3 Å². The van der Waals surface area contributed by atoms with Gasteiger partial charge in [-0.2, -0.15) is 11.8 Å². The Hall–Kier alpha value is 0.01000. The van der Waals surface area contributed by atoms with Gasteiger partial charge < -0.3 is 5.32 Å². The van der Waals surface area contributed by atoms with Crippen LogP contribution in [0.2, 0.25) is 0 Å². The molecule has 1 aromatic carbocycles. The highest BCUT2D eigenvalue weighted by molar-refractivity contribution is 9.10. The van der Waals surface area contributed by atoms with Gasteiger partial charge in [0, 0.05) is 22.8 Å². The van der Waals surface area contributed by atoms with Crippen LogP contribution in [-0.4, -0.2) is 18.1 Å². The third-order valence-electron chi connectivity index (χ3n) is 2.27.